The highest BCUT2D eigenvalue weighted by Gasteiger charge is 2.14. The largest absolute Gasteiger partial charge is 0.347 e. The fraction of sp³-hybridized carbons (Fsp3) is 0.615. The molecule has 0 spiro atoms. The summed E-state index contributed by atoms with van der Waals surface area (Å²) in [6, 6.07) is 1.97. The molecule has 0 saturated heterocycles. The predicted molar refractivity (Wildman–Crippen MR) is 68.9 cm³/mol. The van der Waals surface area contributed by atoms with Gasteiger partial charge in [-0.05, 0) is 12.3 Å². The minimum atomic E-state index is -0.195. The number of carbonyl (C=O) groups excluding carboxylic acids is 1. The van der Waals surface area contributed by atoms with Gasteiger partial charge in [-0.25, -0.2) is 4.98 Å². The van der Waals surface area contributed by atoms with Crippen LogP contribution in [0.5, 0.6) is 0 Å². The molecule has 1 aromatic heterocycles. The van der Waals surface area contributed by atoms with E-state index in [1.54, 1.807) is 6.20 Å². The Balaban J connectivity index is 2.61. The van der Waals surface area contributed by atoms with Crippen LogP contribution in [0, 0.1) is 17.2 Å². The zero-order valence-corrected chi connectivity index (χ0v) is 11.2. The molecule has 5 nitrogen and oxygen atoms in total. The van der Waals surface area contributed by atoms with Crippen molar-refractivity contribution in [2.75, 3.05) is 0 Å². The molecule has 1 unspecified atom stereocenters. The van der Waals surface area contributed by atoms with Gasteiger partial charge in [-0.2, -0.15) is 5.26 Å². The number of carbonyl (C=O) groups is 1. The van der Waals surface area contributed by atoms with Crippen LogP contribution in [-0.4, -0.2) is 21.9 Å². The summed E-state index contributed by atoms with van der Waals surface area (Å²) < 4.78 is 0. The van der Waals surface area contributed by atoms with E-state index in [-0.39, 0.29) is 11.9 Å². The predicted octanol–water partition coefficient (Wildman–Crippen LogP) is 2.03. The van der Waals surface area contributed by atoms with Crippen molar-refractivity contribution in [1.29, 1.82) is 5.26 Å². The number of rotatable bonds is 6. The summed E-state index contributed by atoms with van der Waals surface area (Å²) in [5, 5.41) is 11.5. The second kappa shape index (κ2) is 6.80. The van der Waals surface area contributed by atoms with Crippen molar-refractivity contribution in [2.45, 2.75) is 46.1 Å². The Kier molecular flexibility index (Phi) is 5.37. The lowest BCUT2D eigenvalue weighted by Crippen LogP contribution is -2.34. The van der Waals surface area contributed by atoms with E-state index in [1.165, 1.54) is 0 Å². The summed E-state index contributed by atoms with van der Waals surface area (Å²) in [4.78, 5) is 19.1. The van der Waals surface area contributed by atoms with E-state index in [9.17, 15) is 4.79 Å². The highest BCUT2D eigenvalue weighted by Crippen LogP contribution is 2.05. The lowest BCUT2D eigenvalue weighted by Gasteiger charge is -2.12. The number of amides is 1. The molecule has 0 radical (unpaired) electrons. The van der Waals surface area contributed by atoms with Crippen LogP contribution >= 0.6 is 0 Å². The average Bonchev–Trinajstić information content (AvgIpc) is 2.76. The molecule has 2 N–H and O–H groups in total. The van der Waals surface area contributed by atoms with Gasteiger partial charge in [0.15, 0.2) is 0 Å². The maximum atomic E-state index is 11.9. The molecular weight excluding hydrogens is 228 g/mol. The van der Waals surface area contributed by atoms with E-state index in [0.717, 1.165) is 18.7 Å². The molecular formula is C13H20N4O. The fourth-order valence-corrected chi connectivity index (χ4v) is 1.64. The summed E-state index contributed by atoms with van der Waals surface area (Å²) in [5.74, 6) is 1.12. The molecule has 1 aromatic rings. The fourth-order valence-electron chi connectivity index (χ4n) is 1.64. The number of nitriles is 1. The minimum absolute atomic E-state index is 0.0978. The molecule has 18 heavy (non-hydrogen) atoms. The van der Waals surface area contributed by atoms with Gasteiger partial charge in [-0.1, -0.05) is 20.8 Å². The molecule has 0 aliphatic carbocycles. The standard InChI is InChI=1S/C13H20N4O/c1-4-10(5-6-14)16-13(18)11-8-15-12(17-11)7-9(2)3/h8-10H,4-5,7H2,1-3H3,(H,15,17)(H,16,18). The van der Waals surface area contributed by atoms with Crippen LogP contribution in [0.25, 0.3) is 0 Å². The molecule has 0 aliphatic heterocycles. The first-order valence-electron chi connectivity index (χ1n) is 6.28. The van der Waals surface area contributed by atoms with E-state index in [0.29, 0.717) is 18.0 Å². The zero-order valence-electron chi connectivity index (χ0n) is 11.2. The molecule has 1 amide bonds. The summed E-state index contributed by atoms with van der Waals surface area (Å²) in [5.41, 5.74) is 0.460. The van der Waals surface area contributed by atoms with Gasteiger partial charge in [-0.15, -0.1) is 0 Å². The first kappa shape index (κ1) is 14.2. The Hall–Kier alpha value is -1.83. The lowest BCUT2D eigenvalue weighted by molar-refractivity contribution is 0.0932. The Morgan fingerprint density at radius 3 is 2.89 bits per heavy atom. The zero-order chi connectivity index (χ0) is 13.5. The Morgan fingerprint density at radius 1 is 1.61 bits per heavy atom. The molecule has 5 heteroatoms. The molecule has 0 aliphatic rings. The van der Waals surface area contributed by atoms with Crippen LogP contribution in [0.3, 0.4) is 0 Å². The van der Waals surface area contributed by atoms with Crippen LogP contribution in [-0.2, 0) is 6.42 Å². The quantitative estimate of drug-likeness (QED) is 0.808. The molecule has 1 rings (SSSR count). The maximum Gasteiger partial charge on any atom is 0.269 e. The number of imidazole rings is 1. The summed E-state index contributed by atoms with van der Waals surface area (Å²) in [6.07, 6.45) is 3.44. The second-order valence-electron chi connectivity index (χ2n) is 4.78. The van der Waals surface area contributed by atoms with Crippen molar-refractivity contribution in [3.8, 4) is 6.07 Å². The summed E-state index contributed by atoms with van der Waals surface area (Å²) >= 11 is 0. The average molecular weight is 248 g/mol. The Labute approximate surface area is 108 Å². The monoisotopic (exact) mass is 248 g/mol. The van der Waals surface area contributed by atoms with Crippen molar-refractivity contribution >= 4 is 5.91 Å². The molecule has 1 heterocycles. The van der Waals surface area contributed by atoms with Crippen LogP contribution in [0.4, 0.5) is 0 Å². The van der Waals surface area contributed by atoms with Crippen LogP contribution < -0.4 is 5.32 Å². The van der Waals surface area contributed by atoms with Crippen LogP contribution in [0.1, 0.15) is 49.9 Å². The smallest absolute Gasteiger partial charge is 0.269 e. The highest BCUT2D eigenvalue weighted by atomic mass is 16.1. The number of hydrogen-bond acceptors (Lipinski definition) is 3. The normalized spacial score (nSPS) is 12.2. The number of aromatic nitrogens is 2. The summed E-state index contributed by atoms with van der Waals surface area (Å²) in [7, 11) is 0. The minimum Gasteiger partial charge on any atom is -0.347 e. The molecule has 0 aromatic carbocycles. The number of nitrogens with zero attached hydrogens (tertiary/aromatic N) is 2. The molecule has 0 saturated carbocycles. The van der Waals surface area contributed by atoms with Crippen molar-refractivity contribution in [1.82, 2.24) is 15.3 Å². The van der Waals surface area contributed by atoms with Gasteiger partial charge in [-0.3, -0.25) is 4.79 Å². The highest BCUT2D eigenvalue weighted by molar-refractivity contribution is 5.92. The van der Waals surface area contributed by atoms with E-state index in [1.807, 2.05) is 6.92 Å². The first-order valence-corrected chi connectivity index (χ1v) is 6.28. The van der Waals surface area contributed by atoms with Gasteiger partial charge in [0.05, 0.1) is 18.7 Å². The topological polar surface area (TPSA) is 81.6 Å². The number of H-pyrrole nitrogens is 1. The molecule has 0 fully saturated rings. The van der Waals surface area contributed by atoms with Crippen molar-refractivity contribution in [3.05, 3.63) is 17.7 Å². The first-order chi connectivity index (χ1) is 8.56. The number of aromatic amines is 1. The van der Waals surface area contributed by atoms with Crippen LogP contribution in [0.2, 0.25) is 0 Å². The molecule has 0 bridgehead atoms. The van der Waals surface area contributed by atoms with E-state index in [2.05, 4.69) is 35.2 Å². The third-order valence-electron chi connectivity index (χ3n) is 2.64. The third kappa shape index (κ3) is 4.21. The van der Waals surface area contributed by atoms with Crippen LogP contribution in [0.15, 0.2) is 6.20 Å². The molecule has 98 valence electrons. The van der Waals surface area contributed by atoms with Gasteiger partial charge >= 0.3 is 0 Å². The summed E-state index contributed by atoms with van der Waals surface area (Å²) in [6.45, 7) is 6.14. The van der Waals surface area contributed by atoms with Gasteiger partial charge in [0, 0.05) is 12.5 Å². The Bertz CT molecular complexity index is 430. The van der Waals surface area contributed by atoms with Crippen molar-refractivity contribution in [3.63, 3.8) is 0 Å². The SMILES string of the molecule is CCC(CC#N)NC(=O)c1cnc(CC(C)C)[nH]1. The number of hydrogen-bond donors (Lipinski definition) is 2. The lowest BCUT2D eigenvalue weighted by atomic mass is 10.1. The molecule has 1 atom stereocenters. The third-order valence-corrected chi connectivity index (χ3v) is 2.64. The van der Waals surface area contributed by atoms with E-state index < -0.39 is 0 Å². The second-order valence-corrected chi connectivity index (χ2v) is 4.78. The number of nitrogens with one attached hydrogen (secondary N) is 2. The Morgan fingerprint density at radius 2 is 2.33 bits per heavy atom. The van der Waals surface area contributed by atoms with Gasteiger partial charge < -0.3 is 10.3 Å². The van der Waals surface area contributed by atoms with Gasteiger partial charge in [0.2, 0.25) is 0 Å². The van der Waals surface area contributed by atoms with E-state index >= 15 is 0 Å². The van der Waals surface area contributed by atoms with Crippen molar-refractivity contribution < 1.29 is 4.79 Å². The van der Waals surface area contributed by atoms with Gasteiger partial charge in [0.25, 0.3) is 5.91 Å². The van der Waals surface area contributed by atoms with Gasteiger partial charge in [0.1, 0.15) is 11.5 Å². The maximum absolute atomic E-state index is 11.9. The van der Waals surface area contributed by atoms with Crippen molar-refractivity contribution in [2.24, 2.45) is 5.92 Å². The van der Waals surface area contributed by atoms with E-state index in [4.69, 9.17) is 5.26 Å².